The quantitative estimate of drug-likeness (QED) is 0.743. The van der Waals surface area contributed by atoms with Crippen LogP contribution in [0.3, 0.4) is 0 Å². The van der Waals surface area contributed by atoms with E-state index in [0.29, 0.717) is 33.5 Å². The molecule has 2 aliphatic rings. The Morgan fingerprint density at radius 1 is 1.17 bits per heavy atom. The number of aromatic nitrogens is 1. The summed E-state index contributed by atoms with van der Waals surface area (Å²) in [7, 11) is 0. The van der Waals surface area contributed by atoms with E-state index in [2.05, 4.69) is 4.98 Å². The molecule has 2 heterocycles. The topological polar surface area (TPSA) is 48.4 Å². The molecule has 0 spiro atoms. The Kier molecular flexibility index (Phi) is 2.86. The van der Waals surface area contributed by atoms with E-state index in [-0.39, 0.29) is 18.9 Å². The number of hydrogen-bond acceptors (Lipinski definition) is 4. The van der Waals surface area contributed by atoms with Gasteiger partial charge in [0.05, 0.1) is 17.1 Å². The van der Waals surface area contributed by atoms with Gasteiger partial charge in [-0.05, 0) is 18.6 Å². The highest BCUT2D eigenvalue weighted by Gasteiger charge is 2.44. The van der Waals surface area contributed by atoms with Crippen LogP contribution in [-0.4, -0.2) is 23.7 Å². The van der Waals surface area contributed by atoms with E-state index in [1.165, 1.54) is 0 Å². The second-order valence-corrected chi connectivity index (χ2v) is 5.85. The molecule has 1 aromatic heterocycles. The number of ketones is 1. The fraction of sp³-hybridized carbons (Fsp3) is 0.375. The lowest BCUT2D eigenvalue weighted by Crippen LogP contribution is -2.33. The molecule has 120 valence electrons. The summed E-state index contributed by atoms with van der Waals surface area (Å²) < 4.78 is 49.5. The van der Waals surface area contributed by atoms with Crippen molar-refractivity contribution in [1.82, 2.24) is 4.98 Å². The fourth-order valence-electron chi connectivity index (χ4n) is 3.26. The SMILES string of the molecule is Cc1c2c(nc3cc4c(cc13)OCO4)CC(C(F)(F)F)CC2=O. The molecule has 0 amide bonds. The largest absolute Gasteiger partial charge is 0.454 e. The highest BCUT2D eigenvalue weighted by Crippen LogP contribution is 2.41. The molecule has 1 atom stereocenters. The smallest absolute Gasteiger partial charge is 0.392 e. The number of halogens is 3. The lowest BCUT2D eigenvalue weighted by Gasteiger charge is -2.26. The number of hydrogen-bond donors (Lipinski definition) is 0. The molecule has 0 radical (unpaired) electrons. The molecular weight excluding hydrogens is 311 g/mol. The molecule has 7 heteroatoms. The van der Waals surface area contributed by atoms with E-state index in [4.69, 9.17) is 9.47 Å². The average molecular weight is 323 g/mol. The van der Waals surface area contributed by atoms with E-state index in [9.17, 15) is 18.0 Å². The van der Waals surface area contributed by atoms with Crippen LogP contribution in [-0.2, 0) is 6.42 Å². The number of aryl methyl sites for hydroxylation is 1. The van der Waals surface area contributed by atoms with Gasteiger partial charge in [0.25, 0.3) is 0 Å². The van der Waals surface area contributed by atoms with Crippen molar-refractivity contribution in [3.63, 3.8) is 0 Å². The van der Waals surface area contributed by atoms with Crippen molar-refractivity contribution >= 4 is 16.7 Å². The number of nitrogens with zero attached hydrogens (tertiary/aromatic N) is 1. The van der Waals surface area contributed by atoms with Crippen molar-refractivity contribution in [2.45, 2.75) is 25.9 Å². The van der Waals surface area contributed by atoms with Gasteiger partial charge in [0, 0.05) is 29.9 Å². The fourth-order valence-corrected chi connectivity index (χ4v) is 3.26. The van der Waals surface area contributed by atoms with Gasteiger partial charge in [0.2, 0.25) is 6.79 Å². The maximum absolute atomic E-state index is 13.0. The standard InChI is InChI=1S/C16H12F3NO3/c1-7-9-4-13-14(23-6-22-13)5-10(9)20-11-2-8(16(17,18)19)3-12(21)15(7)11/h4-5,8H,2-3,6H2,1H3. The van der Waals surface area contributed by atoms with Gasteiger partial charge >= 0.3 is 6.18 Å². The third-order valence-corrected chi connectivity index (χ3v) is 4.43. The average Bonchev–Trinajstić information content (AvgIpc) is 2.91. The van der Waals surface area contributed by atoms with Gasteiger partial charge in [-0.15, -0.1) is 0 Å². The summed E-state index contributed by atoms with van der Waals surface area (Å²) in [6, 6.07) is 3.37. The second kappa shape index (κ2) is 4.59. The molecular formula is C16H12F3NO3. The maximum atomic E-state index is 13.0. The predicted molar refractivity (Wildman–Crippen MR) is 74.8 cm³/mol. The number of rotatable bonds is 0. The molecule has 0 saturated carbocycles. The maximum Gasteiger partial charge on any atom is 0.392 e. The molecule has 23 heavy (non-hydrogen) atoms. The first-order valence-corrected chi connectivity index (χ1v) is 7.17. The van der Waals surface area contributed by atoms with Crippen LogP contribution in [0.25, 0.3) is 10.9 Å². The molecule has 0 fully saturated rings. The number of alkyl halides is 3. The predicted octanol–water partition coefficient (Wildman–Crippen LogP) is 3.58. The van der Waals surface area contributed by atoms with Gasteiger partial charge in [0.1, 0.15) is 0 Å². The third kappa shape index (κ3) is 2.14. The van der Waals surface area contributed by atoms with Crippen LogP contribution in [0.2, 0.25) is 0 Å². The molecule has 1 aliphatic heterocycles. The first-order valence-electron chi connectivity index (χ1n) is 7.17. The van der Waals surface area contributed by atoms with E-state index < -0.39 is 24.3 Å². The molecule has 0 bridgehead atoms. The summed E-state index contributed by atoms with van der Waals surface area (Å²) in [6.45, 7) is 1.83. The van der Waals surface area contributed by atoms with Crippen LogP contribution in [0.15, 0.2) is 12.1 Å². The van der Waals surface area contributed by atoms with Crippen molar-refractivity contribution in [3.8, 4) is 11.5 Å². The number of carbonyl (C=O) groups excluding carboxylic acids is 1. The van der Waals surface area contributed by atoms with Crippen molar-refractivity contribution in [2.75, 3.05) is 6.79 Å². The van der Waals surface area contributed by atoms with Crippen molar-refractivity contribution < 1.29 is 27.4 Å². The zero-order chi connectivity index (χ0) is 16.4. The first-order chi connectivity index (χ1) is 10.8. The molecule has 1 unspecified atom stereocenters. The van der Waals surface area contributed by atoms with Gasteiger partial charge in [-0.25, -0.2) is 0 Å². The van der Waals surface area contributed by atoms with Crippen LogP contribution < -0.4 is 9.47 Å². The van der Waals surface area contributed by atoms with Crippen LogP contribution in [0, 0.1) is 12.8 Å². The molecule has 0 N–H and O–H groups in total. The zero-order valence-electron chi connectivity index (χ0n) is 12.2. The number of Topliss-reactive ketones (excluding diaryl/α,β-unsaturated/α-hetero) is 1. The number of carbonyl (C=O) groups is 1. The number of pyridine rings is 1. The monoisotopic (exact) mass is 323 g/mol. The Hall–Kier alpha value is -2.31. The first kappa shape index (κ1) is 14.3. The zero-order valence-corrected chi connectivity index (χ0v) is 12.2. The summed E-state index contributed by atoms with van der Waals surface area (Å²) >= 11 is 0. The highest BCUT2D eigenvalue weighted by molar-refractivity contribution is 6.04. The van der Waals surface area contributed by atoms with Gasteiger partial charge in [-0.1, -0.05) is 0 Å². The molecule has 1 aromatic carbocycles. The minimum Gasteiger partial charge on any atom is -0.454 e. The minimum atomic E-state index is -4.40. The summed E-state index contributed by atoms with van der Waals surface area (Å²) in [5.74, 6) is -1.10. The van der Waals surface area contributed by atoms with Crippen LogP contribution in [0.4, 0.5) is 13.2 Å². The van der Waals surface area contributed by atoms with Crippen molar-refractivity contribution in [1.29, 1.82) is 0 Å². The Bertz CT molecular complexity index is 845. The van der Waals surface area contributed by atoms with E-state index in [1.807, 2.05) is 0 Å². The number of ether oxygens (including phenoxy) is 2. The van der Waals surface area contributed by atoms with Gasteiger partial charge in [-0.2, -0.15) is 13.2 Å². The van der Waals surface area contributed by atoms with Crippen molar-refractivity contribution in [3.05, 3.63) is 29.0 Å². The molecule has 2 aromatic rings. The van der Waals surface area contributed by atoms with Gasteiger partial charge in [-0.3, -0.25) is 9.78 Å². The Morgan fingerprint density at radius 3 is 2.57 bits per heavy atom. The number of benzene rings is 1. The number of fused-ring (bicyclic) bond motifs is 3. The summed E-state index contributed by atoms with van der Waals surface area (Å²) in [4.78, 5) is 16.6. The van der Waals surface area contributed by atoms with Crippen LogP contribution in [0.5, 0.6) is 11.5 Å². The molecule has 4 nitrogen and oxygen atoms in total. The minimum absolute atomic E-state index is 0.0967. The van der Waals surface area contributed by atoms with Gasteiger partial charge < -0.3 is 9.47 Å². The van der Waals surface area contributed by atoms with Crippen LogP contribution >= 0.6 is 0 Å². The van der Waals surface area contributed by atoms with E-state index >= 15 is 0 Å². The molecule has 0 saturated heterocycles. The third-order valence-electron chi connectivity index (χ3n) is 4.43. The molecule has 1 aliphatic carbocycles. The highest BCUT2D eigenvalue weighted by atomic mass is 19.4. The van der Waals surface area contributed by atoms with Crippen LogP contribution in [0.1, 0.15) is 28.0 Å². The van der Waals surface area contributed by atoms with E-state index in [1.54, 1.807) is 19.1 Å². The summed E-state index contributed by atoms with van der Waals surface area (Å²) in [6.07, 6.45) is -5.18. The normalized spacial score (nSPS) is 20.0. The molecule has 4 rings (SSSR count). The van der Waals surface area contributed by atoms with E-state index in [0.717, 1.165) is 0 Å². The lowest BCUT2D eigenvalue weighted by molar-refractivity contribution is -0.174. The summed E-state index contributed by atoms with van der Waals surface area (Å²) in [5.41, 5.74) is 1.69. The second-order valence-electron chi connectivity index (χ2n) is 5.85. The lowest BCUT2D eigenvalue weighted by atomic mass is 9.82. The van der Waals surface area contributed by atoms with Gasteiger partial charge in [0.15, 0.2) is 17.3 Å². The Morgan fingerprint density at radius 2 is 1.87 bits per heavy atom. The Labute approximate surface area is 129 Å². The summed E-state index contributed by atoms with van der Waals surface area (Å²) in [5, 5.41) is 0.701. The van der Waals surface area contributed by atoms with Crippen molar-refractivity contribution in [2.24, 2.45) is 5.92 Å². The Balaban J connectivity index is 1.91.